The van der Waals surface area contributed by atoms with Crippen LogP contribution in [0.2, 0.25) is 0 Å². The van der Waals surface area contributed by atoms with Crippen molar-refractivity contribution >= 4 is 11.8 Å². The van der Waals surface area contributed by atoms with Crippen LogP contribution in [0.4, 0.5) is 0 Å². The lowest BCUT2D eigenvalue weighted by Gasteiger charge is -2.39. The molecular weight excluding hydrogens is 176 g/mol. The Hall–Kier alpha value is 0.350. The quantitative estimate of drug-likeness (QED) is 0.611. The van der Waals surface area contributed by atoms with Crippen LogP contribution in [0.5, 0.6) is 0 Å². The van der Waals surface area contributed by atoms with E-state index in [1.807, 2.05) is 0 Å². The third-order valence-electron chi connectivity index (χ3n) is 3.97. The summed E-state index contributed by atoms with van der Waals surface area (Å²) in [5.74, 6) is 3.38. The molecule has 0 nitrogen and oxygen atoms in total. The molecule has 0 bridgehead atoms. The van der Waals surface area contributed by atoms with E-state index in [2.05, 4.69) is 25.6 Å². The van der Waals surface area contributed by atoms with Gasteiger partial charge in [0.25, 0.3) is 0 Å². The molecule has 2 aliphatic rings. The van der Waals surface area contributed by atoms with Gasteiger partial charge in [-0.1, -0.05) is 26.7 Å². The van der Waals surface area contributed by atoms with Crippen molar-refractivity contribution in [1.29, 1.82) is 0 Å². The summed E-state index contributed by atoms with van der Waals surface area (Å²) in [6.07, 6.45) is 9.03. The molecule has 1 aliphatic carbocycles. The van der Waals surface area contributed by atoms with Crippen molar-refractivity contribution in [3.05, 3.63) is 0 Å². The second-order valence-corrected chi connectivity index (χ2v) is 6.80. The van der Waals surface area contributed by atoms with Gasteiger partial charge in [0, 0.05) is 4.75 Å². The Labute approximate surface area is 86.9 Å². The number of rotatable bonds is 1. The Bertz CT molecular complexity index is 168. The summed E-state index contributed by atoms with van der Waals surface area (Å²) >= 11 is 2.29. The van der Waals surface area contributed by atoms with Gasteiger partial charge in [-0.2, -0.15) is 11.8 Å². The molecule has 2 rings (SSSR count). The highest BCUT2D eigenvalue weighted by Crippen LogP contribution is 2.51. The van der Waals surface area contributed by atoms with Crippen molar-refractivity contribution in [2.45, 2.75) is 57.1 Å². The van der Waals surface area contributed by atoms with Gasteiger partial charge in [0.15, 0.2) is 0 Å². The lowest BCUT2D eigenvalue weighted by molar-refractivity contribution is 0.233. The van der Waals surface area contributed by atoms with Gasteiger partial charge in [-0.3, -0.25) is 0 Å². The fraction of sp³-hybridized carbons (Fsp3) is 1.00. The largest absolute Gasteiger partial charge is 0.155 e. The number of hydrogen-bond donors (Lipinski definition) is 0. The van der Waals surface area contributed by atoms with E-state index >= 15 is 0 Å². The zero-order chi connectivity index (χ0) is 9.31. The van der Waals surface area contributed by atoms with E-state index in [4.69, 9.17) is 0 Å². The minimum atomic E-state index is 0.743. The van der Waals surface area contributed by atoms with Crippen LogP contribution in [-0.2, 0) is 0 Å². The molecule has 2 fully saturated rings. The van der Waals surface area contributed by atoms with Crippen molar-refractivity contribution in [1.82, 2.24) is 0 Å². The summed E-state index contributed by atoms with van der Waals surface area (Å²) in [7, 11) is 0. The van der Waals surface area contributed by atoms with E-state index in [0.717, 1.165) is 16.6 Å². The standard InChI is InChI=1S/C12H22S/c1-10(2)11-5-3-6-12(9-11)7-4-8-13-12/h10-11H,3-9H2,1-2H3. The maximum absolute atomic E-state index is 2.41. The van der Waals surface area contributed by atoms with Crippen LogP contribution >= 0.6 is 11.8 Å². The van der Waals surface area contributed by atoms with Crippen molar-refractivity contribution in [2.24, 2.45) is 11.8 Å². The van der Waals surface area contributed by atoms with Crippen LogP contribution in [0.3, 0.4) is 0 Å². The first kappa shape index (κ1) is 9.89. The normalized spacial score (nSPS) is 40.4. The van der Waals surface area contributed by atoms with Crippen molar-refractivity contribution in [2.75, 3.05) is 5.75 Å². The molecule has 0 amide bonds. The van der Waals surface area contributed by atoms with Crippen LogP contribution in [0.25, 0.3) is 0 Å². The Balaban J connectivity index is 1.98. The first-order chi connectivity index (χ1) is 6.22. The average Bonchev–Trinajstić information content (AvgIpc) is 2.53. The topological polar surface area (TPSA) is 0 Å². The van der Waals surface area contributed by atoms with Gasteiger partial charge in [0.1, 0.15) is 0 Å². The third-order valence-corrected chi connectivity index (χ3v) is 5.65. The maximum Gasteiger partial charge on any atom is 0.0163 e. The van der Waals surface area contributed by atoms with Gasteiger partial charge in [-0.15, -0.1) is 0 Å². The van der Waals surface area contributed by atoms with E-state index in [1.54, 1.807) is 0 Å². The van der Waals surface area contributed by atoms with Crippen LogP contribution in [0.15, 0.2) is 0 Å². The Kier molecular flexibility index (Phi) is 2.92. The minimum absolute atomic E-state index is 0.743. The van der Waals surface area contributed by atoms with E-state index < -0.39 is 0 Å². The van der Waals surface area contributed by atoms with Gasteiger partial charge in [-0.25, -0.2) is 0 Å². The van der Waals surface area contributed by atoms with Gasteiger partial charge in [0.2, 0.25) is 0 Å². The maximum atomic E-state index is 2.41. The molecule has 1 aliphatic heterocycles. The second kappa shape index (κ2) is 3.84. The lowest BCUT2D eigenvalue weighted by Crippen LogP contribution is -2.31. The van der Waals surface area contributed by atoms with Gasteiger partial charge >= 0.3 is 0 Å². The monoisotopic (exact) mass is 198 g/mol. The summed E-state index contributed by atoms with van der Waals surface area (Å²) in [6, 6.07) is 0. The molecule has 1 saturated heterocycles. The van der Waals surface area contributed by atoms with Gasteiger partial charge in [0.05, 0.1) is 0 Å². The minimum Gasteiger partial charge on any atom is -0.155 e. The first-order valence-electron chi connectivity index (χ1n) is 5.86. The number of thioether (sulfide) groups is 1. The van der Waals surface area contributed by atoms with Gasteiger partial charge < -0.3 is 0 Å². The summed E-state index contributed by atoms with van der Waals surface area (Å²) in [4.78, 5) is 0. The SMILES string of the molecule is CC(C)C1CCCC2(CCCS2)C1. The fourth-order valence-corrected chi connectivity index (χ4v) is 4.68. The smallest absolute Gasteiger partial charge is 0.0163 e. The molecule has 13 heavy (non-hydrogen) atoms. The molecule has 0 aromatic carbocycles. The molecule has 0 radical (unpaired) electrons. The second-order valence-electron chi connectivity index (χ2n) is 5.24. The van der Waals surface area contributed by atoms with E-state index in [9.17, 15) is 0 Å². The molecule has 0 aromatic rings. The third kappa shape index (κ3) is 2.06. The highest BCUT2D eigenvalue weighted by atomic mass is 32.2. The van der Waals surface area contributed by atoms with E-state index in [1.165, 1.54) is 44.3 Å². The average molecular weight is 198 g/mol. The van der Waals surface area contributed by atoms with E-state index in [0.29, 0.717) is 0 Å². The van der Waals surface area contributed by atoms with Crippen LogP contribution in [-0.4, -0.2) is 10.5 Å². The summed E-state index contributed by atoms with van der Waals surface area (Å²) < 4.78 is 0.743. The molecule has 0 N–H and O–H groups in total. The van der Waals surface area contributed by atoms with Crippen molar-refractivity contribution < 1.29 is 0 Å². The Morgan fingerprint density at radius 2 is 2.00 bits per heavy atom. The molecule has 2 unspecified atom stereocenters. The summed E-state index contributed by atoms with van der Waals surface area (Å²) in [5, 5.41) is 0. The lowest BCUT2D eigenvalue weighted by atomic mass is 9.74. The molecule has 0 aromatic heterocycles. The van der Waals surface area contributed by atoms with Crippen LogP contribution < -0.4 is 0 Å². The molecular formula is C12H22S. The Morgan fingerprint density at radius 1 is 1.23 bits per heavy atom. The van der Waals surface area contributed by atoms with Crippen molar-refractivity contribution in [3.63, 3.8) is 0 Å². The molecule has 2 atom stereocenters. The summed E-state index contributed by atoms with van der Waals surface area (Å²) in [6.45, 7) is 4.81. The highest BCUT2D eigenvalue weighted by Gasteiger charge is 2.39. The molecule has 1 heterocycles. The van der Waals surface area contributed by atoms with Crippen molar-refractivity contribution in [3.8, 4) is 0 Å². The zero-order valence-electron chi connectivity index (χ0n) is 9.01. The van der Waals surface area contributed by atoms with Gasteiger partial charge in [-0.05, 0) is 43.3 Å². The molecule has 1 heteroatoms. The highest BCUT2D eigenvalue weighted by molar-refractivity contribution is 8.00. The predicted octanol–water partition coefficient (Wildman–Crippen LogP) is 4.10. The molecule has 1 saturated carbocycles. The number of hydrogen-bond acceptors (Lipinski definition) is 1. The first-order valence-corrected chi connectivity index (χ1v) is 6.84. The molecule has 76 valence electrons. The zero-order valence-corrected chi connectivity index (χ0v) is 9.83. The van der Waals surface area contributed by atoms with E-state index in [-0.39, 0.29) is 0 Å². The predicted molar refractivity (Wildman–Crippen MR) is 61.2 cm³/mol. The van der Waals surface area contributed by atoms with Crippen LogP contribution in [0.1, 0.15) is 52.4 Å². The Morgan fingerprint density at radius 3 is 2.62 bits per heavy atom. The fourth-order valence-electron chi connectivity index (χ4n) is 3.05. The molecule has 1 spiro atoms. The van der Waals surface area contributed by atoms with Crippen LogP contribution in [0, 0.1) is 11.8 Å². The summed E-state index contributed by atoms with van der Waals surface area (Å²) in [5.41, 5.74) is 0.